The van der Waals surface area contributed by atoms with Crippen LogP contribution in [-0.4, -0.2) is 12.1 Å². The van der Waals surface area contributed by atoms with Gasteiger partial charge in [0.2, 0.25) is 6.29 Å². The molecule has 117 valence electrons. The van der Waals surface area contributed by atoms with Crippen LogP contribution in [0.1, 0.15) is 32.6 Å². The van der Waals surface area contributed by atoms with Gasteiger partial charge in [-0.1, -0.05) is 60.7 Å². The van der Waals surface area contributed by atoms with Crippen LogP contribution in [0.2, 0.25) is 0 Å². The lowest BCUT2D eigenvalue weighted by Crippen LogP contribution is -2.10. The summed E-state index contributed by atoms with van der Waals surface area (Å²) in [6, 6.07) is 22.3. The van der Waals surface area contributed by atoms with Gasteiger partial charge in [0.15, 0.2) is 5.78 Å². The molecule has 3 aromatic rings. The van der Waals surface area contributed by atoms with Crippen LogP contribution in [0.5, 0.6) is 0 Å². The lowest BCUT2D eigenvalue weighted by molar-refractivity contribution is 0.103. The zero-order valence-electron chi connectivity index (χ0n) is 13.0. The topological polar surface area (TPSA) is 60.2 Å². The highest BCUT2D eigenvalue weighted by Crippen LogP contribution is 2.23. The number of para-hydroxylation sites is 1. The minimum atomic E-state index is -0.184. The Morgan fingerprint density at radius 2 is 1.50 bits per heavy atom. The minimum absolute atomic E-state index is 0.173. The van der Waals surface area contributed by atoms with Gasteiger partial charge in [-0.2, -0.15) is 0 Å². The van der Waals surface area contributed by atoms with Gasteiger partial charge in [-0.05, 0) is 29.7 Å². The zero-order valence-corrected chi connectivity index (χ0v) is 13.0. The zero-order chi connectivity index (χ0) is 16.9. The molecule has 0 saturated heterocycles. The van der Waals surface area contributed by atoms with Crippen molar-refractivity contribution in [3.63, 3.8) is 0 Å². The fourth-order valence-corrected chi connectivity index (χ4v) is 2.71. The predicted molar refractivity (Wildman–Crippen MR) is 94.8 cm³/mol. The molecule has 0 atom stereocenters. The van der Waals surface area contributed by atoms with Crippen molar-refractivity contribution < 1.29 is 9.59 Å². The third-order valence-corrected chi connectivity index (χ3v) is 3.96. The molecule has 0 aliphatic heterocycles. The van der Waals surface area contributed by atoms with E-state index in [1.165, 1.54) is 0 Å². The SMILES string of the molecule is Nc1c([C]=O)cccc1C(=O)c1ccccc1Cc1ccccc1. The van der Waals surface area contributed by atoms with E-state index in [0.29, 0.717) is 17.5 Å². The van der Waals surface area contributed by atoms with Gasteiger partial charge in [-0.25, -0.2) is 0 Å². The Morgan fingerprint density at radius 3 is 2.25 bits per heavy atom. The molecule has 3 rings (SSSR count). The molecule has 24 heavy (non-hydrogen) atoms. The summed E-state index contributed by atoms with van der Waals surface area (Å²) in [5.41, 5.74) is 9.31. The highest BCUT2D eigenvalue weighted by atomic mass is 16.1. The second kappa shape index (κ2) is 6.92. The van der Waals surface area contributed by atoms with Crippen molar-refractivity contribution in [1.82, 2.24) is 0 Å². The van der Waals surface area contributed by atoms with E-state index >= 15 is 0 Å². The summed E-state index contributed by atoms with van der Waals surface area (Å²) in [7, 11) is 0. The minimum Gasteiger partial charge on any atom is -0.398 e. The molecule has 0 fully saturated rings. The van der Waals surface area contributed by atoms with Crippen molar-refractivity contribution in [3.8, 4) is 0 Å². The van der Waals surface area contributed by atoms with E-state index in [0.717, 1.165) is 11.1 Å². The number of hydrogen-bond acceptors (Lipinski definition) is 3. The van der Waals surface area contributed by atoms with Crippen LogP contribution >= 0.6 is 0 Å². The molecule has 0 bridgehead atoms. The molecule has 3 nitrogen and oxygen atoms in total. The van der Waals surface area contributed by atoms with Gasteiger partial charge < -0.3 is 5.73 Å². The van der Waals surface area contributed by atoms with Gasteiger partial charge in [-0.3, -0.25) is 9.59 Å². The van der Waals surface area contributed by atoms with Gasteiger partial charge in [0.05, 0.1) is 5.69 Å². The van der Waals surface area contributed by atoms with Crippen LogP contribution in [0, 0.1) is 0 Å². The van der Waals surface area contributed by atoms with Gasteiger partial charge in [0.25, 0.3) is 0 Å². The molecular weight excluding hydrogens is 298 g/mol. The molecule has 2 N–H and O–H groups in total. The van der Waals surface area contributed by atoms with E-state index in [1.54, 1.807) is 30.6 Å². The van der Waals surface area contributed by atoms with E-state index in [-0.39, 0.29) is 17.0 Å². The molecule has 0 aromatic heterocycles. The maximum absolute atomic E-state index is 12.9. The fourth-order valence-electron chi connectivity index (χ4n) is 2.71. The highest BCUT2D eigenvalue weighted by Gasteiger charge is 2.17. The molecule has 0 heterocycles. The number of carbonyl (C=O) groups is 1. The first-order valence-corrected chi connectivity index (χ1v) is 7.64. The third-order valence-electron chi connectivity index (χ3n) is 3.96. The lowest BCUT2D eigenvalue weighted by Gasteiger charge is -2.11. The standard InChI is InChI=1S/C21H16NO2/c22-20-17(14-23)10-6-12-19(20)21(24)18-11-5-4-9-16(18)13-15-7-2-1-3-8-15/h1-12H,13,22H2. The van der Waals surface area contributed by atoms with Crippen LogP contribution in [0.25, 0.3) is 0 Å². The Hall–Kier alpha value is -3.20. The average molecular weight is 314 g/mol. The first-order valence-electron chi connectivity index (χ1n) is 7.64. The largest absolute Gasteiger partial charge is 0.398 e. The summed E-state index contributed by atoms with van der Waals surface area (Å²) < 4.78 is 0. The van der Waals surface area contributed by atoms with Crippen molar-refractivity contribution in [2.45, 2.75) is 6.42 Å². The Kier molecular flexibility index (Phi) is 4.52. The number of rotatable bonds is 5. The van der Waals surface area contributed by atoms with Gasteiger partial charge in [0, 0.05) is 16.7 Å². The molecule has 3 heteroatoms. The molecule has 1 radical (unpaired) electrons. The van der Waals surface area contributed by atoms with Crippen LogP contribution in [-0.2, 0) is 11.2 Å². The molecule has 0 amide bonds. The van der Waals surface area contributed by atoms with E-state index < -0.39 is 0 Å². The molecule has 0 aliphatic carbocycles. The summed E-state index contributed by atoms with van der Waals surface area (Å²) in [5, 5.41) is 0. The van der Waals surface area contributed by atoms with Crippen molar-refractivity contribution in [3.05, 3.63) is 101 Å². The third kappa shape index (κ3) is 3.10. The first-order chi connectivity index (χ1) is 11.7. The summed E-state index contributed by atoms with van der Waals surface area (Å²) in [6.45, 7) is 0. The Labute approximate surface area is 140 Å². The van der Waals surface area contributed by atoms with E-state index in [2.05, 4.69) is 0 Å². The number of nitrogens with two attached hydrogens (primary N) is 1. The molecule has 0 saturated carbocycles. The number of ketones is 1. The van der Waals surface area contributed by atoms with Crippen molar-refractivity contribution in [1.29, 1.82) is 0 Å². The predicted octanol–water partition coefficient (Wildman–Crippen LogP) is 3.55. The van der Waals surface area contributed by atoms with Crippen molar-refractivity contribution >= 4 is 17.8 Å². The molecule has 0 spiro atoms. The van der Waals surface area contributed by atoms with Gasteiger partial charge >= 0.3 is 0 Å². The second-order valence-corrected chi connectivity index (χ2v) is 5.52. The fraction of sp³-hybridized carbons (Fsp3) is 0.0476. The lowest BCUT2D eigenvalue weighted by atomic mass is 9.93. The van der Waals surface area contributed by atoms with Crippen molar-refractivity contribution in [2.75, 3.05) is 5.73 Å². The molecule has 0 unspecified atom stereocenters. The second-order valence-electron chi connectivity index (χ2n) is 5.52. The van der Waals surface area contributed by atoms with E-state index in [4.69, 9.17) is 5.73 Å². The number of nitrogen functional groups attached to an aromatic ring is 1. The first kappa shape index (κ1) is 15.7. The van der Waals surface area contributed by atoms with E-state index in [1.807, 2.05) is 48.5 Å². The maximum atomic E-state index is 12.9. The maximum Gasteiger partial charge on any atom is 0.235 e. The summed E-state index contributed by atoms with van der Waals surface area (Å²) in [4.78, 5) is 23.9. The molecule has 0 aliphatic rings. The molecule has 3 aromatic carbocycles. The summed E-state index contributed by atoms with van der Waals surface area (Å²) in [5.74, 6) is -0.184. The van der Waals surface area contributed by atoms with E-state index in [9.17, 15) is 9.59 Å². The van der Waals surface area contributed by atoms with Crippen LogP contribution in [0.4, 0.5) is 5.69 Å². The van der Waals surface area contributed by atoms with Crippen molar-refractivity contribution in [2.24, 2.45) is 0 Å². The van der Waals surface area contributed by atoms with Gasteiger partial charge in [-0.15, -0.1) is 0 Å². The van der Waals surface area contributed by atoms with Crippen LogP contribution in [0.3, 0.4) is 0 Å². The number of hydrogen-bond donors (Lipinski definition) is 1. The quantitative estimate of drug-likeness (QED) is 0.579. The summed E-state index contributed by atoms with van der Waals surface area (Å²) in [6.07, 6.45) is 2.42. The van der Waals surface area contributed by atoms with Crippen LogP contribution < -0.4 is 5.73 Å². The number of benzene rings is 3. The van der Waals surface area contributed by atoms with Crippen LogP contribution in [0.15, 0.2) is 72.8 Å². The smallest absolute Gasteiger partial charge is 0.235 e. The highest BCUT2D eigenvalue weighted by molar-refractivity contribution is 6.14. The normalized spacial score (nSPS) is 10.3. The monoisotopic (exact) mass is 314 g/mol. The summed E-state index contributed by atoms with van der Waals surface area (Å²) >= 11 is 0. The average Bonchev–Trinajstić information content (AvgIpc) is 2.63. The number of anilines is 1. The Morgan fingerprint density at radius 1 is 0.833 bits per heavy atom. The Bertz CT molecular complexity index is 885. The molecular formula is C21H16NO2. The number of carbonyl (C=O) groups excluding carboxylic acids is 2. The van der Waals surface area contributed by atoms with Gasteiger partial charge in [0.1, 0.15) is 0 Å². The Balaban J connectivity index is 2.01.